The summed E-state index contributed by atoms with van der Waals surface area (Å²) in [5, 5.41) is 0. The number of fused-ring (bicyclic) bond motifs is 1. The lowest BCUT2D eigenvalue weighted by Gasteiger charge is -2.36. The summed E-state index contributed by atoms with van der Waals surface area (Å²) in [7, 11) is 1.67. The van der Waals surface area contributed by atoms with Gasteiger partial charge in [0.05, 0.1) is 18.4 Å². The Bertz CT molecular complexity index is 1310. The van der Waals surface area contributed by atoms with Crippen molar-refractivity contribution >= 4 is 17.2 Å². The summed E-state index contributed by atoms with van der Waals surface area (Å²) in [5.74, 6) is 1.41. The number of benzene rings is 2. The molecular formula is C27H28N4O3. The highest BCUT2D eigenvalue weighted by Gasteiger charge is 2.24. The van der Waals surface area contributed by atoms with Crippen LogP contribution in [0.3, 0.4) is 0 Å². The Morgan fingerprint density at radius 3 is 2.62 bits per heavy atom. The SMILES string of the molecule is COc1cccc(N2CCN(C(=O)c3ccccc3OCc3cn4cccc(C)c4n3)CC2)c1. The molecule has 174 valence electrons. The second-order valence-corrected chi connectivity index (χ2v) is 8.42. The maximum atomic E-state index is 13.3. The molecule has 0 radical (unpaired) electrons. The zero-order valence-electron chi connectivity index (χ0n) is 19.5. The molecule has 0 bridgehead atoms. The maximum Gasteiger partial charge on any atom is 0.257 e. The zero-order valence-corrected chi connectivity index (χ0v) is 19.5. The fourth-order valence-electron chi connectivity index (χ4n) is 4.34. The van der Waals surface area contributed by atoms with E-state index in [-0.39, 0.29) is 5.91 Å². The number of amides is 1. The number of ether oxygens (including phenoxy) is 2. The molecule has 1 saturated heterocycles. The second-order valence-electron chi connectivity index (χ2n) is 8.42. The Kier molecular flexibility index (Phi) is 6.08. The van der Waals surface area contributed by atoms with Crippen molar-refractivity contribution in [3.8, 4) is 11.5 Å². The van der Waals surface area contributed by atoms with Gasteiger partial charge >= 0.3 is 0 Å². The smallest absolute Gasteiger partial charge is 0.257 e. The van der Waals surface area contributed by atoms with Gasteiger partial charge in [0.25, 0.3) is 5.91 Å². The van der Waals surface area contributed by atoms with Crippen LogP contribution in [0.5, 0.6) is 11.5 Å². The Morgan fingerprint density at radius 1 is 1.00 bits per heavy atom. The van der Waals surface area contributed by atoms with Crippen molar-refractivity contribution in [2.24, 2.45) is 0 Å². The number of rotatable bonds is 6. The quantitative estimate of drug-likeness (QED) is 0.435. The summed E-state index contributed by atoms with van der Waals surface area (Å²) in [5.41, 5.74) is 4.54. The number of carbonyl (C=O) groups is 1. The molecule has 7 nitrogen and oxygen atoms in total. The predicted molar refractivity (Wildman–Crippen MR) is 132 cm³/mol. The van der Waals surface area contributed by atoms with Crippen LogP contribution in [-0.4, -0.2) is 53.5 Å². The van der Waals surface area contributed by atoms with Crippen molar-refractivity contribution in [1.82, 2.24) is 14.3 Å². The summed E-state index contributed by atoms with van der Waals surface area (Å²) in [6.07, 6.45) is 3.94. The molecule has 1 fully saturated rings. The van der Waals surface area contributed by atoms with E-state index in [9.17, 15) is 4.79 Å². The third kappa shape index (κ3) is 4.41. The van der Waals surface area contributed by atoms with E-state index >= 15 is 0 Å². The normalized spacial score (nSPS) is 13.8. The first-order valence-electron chi connectivity index (χ1n) is 11.5. The van der Waals surface area contributed by atoms with Crippen LogP contribution >= 0.6 is 0 Å². The number of methoxy groups -OCH3 is 1. The molecule has 3 heterocycles. The van der Waals surface area contributed by atoms with Gasteiger partial charge in [-0.15, -0.1) is 0 Å². The molecule has 0 unspecified atom stereocenters. The number of hydrogen-bond donors (Lipinski definition) is 0. The summed E-state index contributed by atoms with van der Waals surface area (Å²) < 4.78 is 13.4. The third-order valence-corrected chi connectivity index (χ3v) is 6.21. The van der Waals surface area contributed by atoms with Gasteiger partial charge in [0.1, 0.15) is 23.8 Å². The molecule has 0 saturated carbocycles. The van der Waals surface area contributed by atoms with E-state index in [1.165, 1.54) is 0 Å². The van der Waals surface area contributed by atoms with Crippen molar-refractivity contribution in [2.45, 2.75) is 13.5 Å². The molecule has 2 aromatic heterocycles. The van der Waals surface area contributed by atoms with Gasteiger partial charge in [-0.25, -0.2) is 4.98 Å². The molecular weight excluding hydrogens is 428 g/mol. The van der Waals surface area contributed by atoms with Crippen LogP contribution < -0.4 is 14.4 Å². The van der Waals surface area contributed by atoms with Crippen molar-refractivity contribution in [2.75, 3.05) is 38.2 Å². The zero-order chi connectivity index (χ0) is 23.5. The molecule has 0 spiro atoms. The summed E-state index contributed by atoms with van der Waals surface area (Å²) >= 11 is 0. The van der Waals surface area contributed by atoms with Crippen LogP contribution in [-0.2, 0) is 6.61 Å². The standard InChI is InChI=1S/C27H28N4O3/c1-20-7-6-12-31-18-21(28-26(20)31)19-34-25-11-4-3-10-24(25)27(32)30-15-13-29(14-16-30)22-8-5-9-23(17-22)33-2/h3-12,17-18H,13-16,19H2,1-2H3. The van der Waals surface area contributed by atoms with E-state index in [2.05, 4.69) is 16.0 Å². The third-order valence-electron chi connectivity index (χ3n) is 6.21. The Labute approximate surface area is 199 Å². The molecule has 0 aliphatic carbocycles. The first-order chi connectivity index (χ1) is 16.6. The number of anilines is 1. The number of carbonyl (C=O) groups excluding carboxylic acids is 1. The van der Waals surface area contributed by atoms with Gasteiger partial charge < -0.3 is 23.7 Å². The minimum atomic E-state index is -0.00765. The van der Waals surface area contributed by atoms with Crippen LogP contribution in [0.4, 0.5) is 5.69 Å². The average molecular weight is 457 g/mol. The molecule has 1 aliphatic heterocycles. The number of imidazole rings is 1. The Hall–Kier alpha value is -4.00. The summed E-state index contributed by atoms with van der Waals surface area (Å²) in [6.45, 7) is 5.17. The lowest BCUT2D eigenvalue weighted by Crippen LogP contribution is -2.48. The first-order valence-corrected chi connectivity index (χ1v) is 11.5. The van der Waals surface area contributed by atoms with Gasteiger partial charge in [-0.3, -0.25) is 4.79 Å². The number of hydrogen-bond acceptors (Lipinski definition) is 5. The lowest BCUT2D eigenvalue weighted by atomic mass is 10.1. The van der Waals surface area contributed by atoms with E-state index in [1.54, 1.807) is 7.11 Å². The second kappa shape index (κ2) is 9.47. The molecule has 0 N–H and O–H groups in total. The number of para-hydroxylation sites is 1. The largest absolute Gasteiger partial charge is 0.497 e. The fourth-order valence-corrected chi connectivity index (χ4v) is 4.34. The minimum Gasteiger partial charge on any atom is -0.497 e. The number of piperazine rings is 1. The minimum absolute atomic E-state index is 0.00765. The van der Waals surface area contributed by atoms with Crippen LogP contribution in [0.1, 0.15) is 21.6 Å². The molecule has 0 atom stereocenters. The van der Waals surface area contributed by atoms with Gasteiger partial charge in [0.2, 0.25) is 0 Å². The lowest BCUT2D eigenvalue weighted by molar-refractivity contribution is 0.0741. The highest BCUT2D eigenvalue weighted by Crippen LogP contribution is 2.25. The number of nitrogens with zero attached hydrogens (tertiary/aromatic N) is 4. The monoisotopic (exact) mass is 456 g/mol. The fraction of sp³-hybridized carbons (Fsp3) is 0.259. The predicted octanol–water partition coefficient (Wildman–Crippen LogP) is 4.19. The molecule has 1 aliphatic rings. The number of aromatic nitrogens is 2. The van der Waals surface area contributed by atoms with E-state index in [4.69, 9.17) is 9.47 Å². The van der Waals surface area contributed by atoms with Crippen LogP contribution in [0, 0.1) is 6.92 Å². The molecule has 2 aromatic carbocycles. The summed E-state index contributed by atoms with van der Waals surface area (Å²) in [6, 6.07) is 19.5. The summed E-state index contributed by atoms with van der Waals surface area (Å²) in [4.78, 5) is 22.2. The Balaban J connectivity index is 1.25. The van der Waals surface area contributed by atoms with Crippen LogP contribution in [0.15, 0.2) is 73.1 Å². The first kappa shape index (κ1) is 21.8. The molecule has 34 heavy (non-hydrogen) atoms. The van der Waals surface area contributed by atoms with Gasteiger partial charge in [-0.2, -0.15) is 0 Å². The topological polar surface area (TPSA) is 59.3 Å². The van der Waals surface area contributed by atoms with Crippen molar-refractivity contribution in [3.05, 3.63) is 89.9 Å². The van der Waals surface area contributed by atoms with Gasteiger partial charge in [0.15, 0.2) is 0 Å². The van der Waals surface area contributed by atoms with E-state index in [0.29, 0.717) is 31.0 Å². The van der Waals surface area contributed by atoms with E-state index < -0.39 is 0 Å². The molecule has 5 rings (SSSR count). The maximum absolute atomic E-state index is 13.3. The van der Waals surface area contributed by atoms with Crippen molar-refractivity contribution in [1.29, 1.82) is 0 Å². The molecule has 7 heteroatoms. The molecule has 4 aromatic rings. The highest BCUT2D eigenvalue weighted by atomic mass is 16.5. The van der Waals surface area contributed by atoms with Gasteiger partial charge in [-0.05, 0) is 42.8 Å². The van der Waals surface area contributed by atoms with E-state index in [0.717, 1.165) is 41.4 Å². The Morgan fingerprint density at radius 2 is 1.82 bits per heavy atom. The van der Waals surface area contributed by atoms with Crippen LogP contribution in [0.25, 0.3) is 5.65 Å². The van der Waals surface area contributed by atoms with Crippen LogP contribution in [0.2, 0.25) is 0 Å². The van der Waals surface area contributed by atoms with Crippen molar-refractivity contribution in [3.63, 3.8) is 0 Å². The average Bonchev–Trinajstić information content (AvgIpc) is 3.32. The van der Waals surface area contributed by atoms with Gasteiger partial charge in [-0.1, -0.05) is 24.3 Å². The van der Waals surface area contributed by atoms with Gasteiger partial charge in [0, 0.05) is 50.3 Å². The number of aryl methyl sites for hydroxylation is 1. The molecule has 1 amide bonds. The highest BCUT2D eigenvalue weighted by molar-refractivity contribution is 5.97. The van der Waals surface area contributed by atoms with E-state index in [1.807, 2.05) is 83.2 Å². The number of pyridine rings is 1. The van der Waals surface area contributed by atoms with Crippen molar-refractivity contribution < 1.29 is 14.3 Å².